The van der Waals surface area contributed by atoms with Crippen molar-refractivity contribution in [2.75, 3.05) is 19.7 Å². The molecule has 2 amide bonds. The van der Waals surface area contributed by atoms with E-state index in [0.29, 0.717) is 19.2 Å². The number of hydrogen-bond donors (Lipinski definition) is 1. The van der Waals surface area contributed by atoms with Crippen LogP contribution in [0.2, 0.25) is 0 Å². The third-order valence-corrected chi connectivity index (χ3v) is 3.45. The lowest BCUT2D eigenvalue weighted by molar-refractivity contribution is 0.0768. The first-order valence-corrected chi connectivity index (χ1v) is 7.16. The number of piperidine rings is 1. The predicted molar refractivity (Wildman–Crippen MR) is 73.7 cm³/mol. The van der Waals surface area contributed by atoms with E-state index in [9.17, 15) is 4.79 Å². The molecule has 106 valence electrons. The number of carbonyl (C=O) groups is 1. The van der Waals surface area contributed by atoms with Gasteiger partial charge in [-0.3, -0.25) is 0 Å². The predicted octanol–water partition coefficient (Wildman–Crippen LogP) is 2.63. The molecule has 1 saturated heterocycles. The lowest BCUT2D eigenvalue weighted by Crippen LogP contribution is -2.49. The highest BCUT2D eigenvalue weighted by atomic mass is 16.5. The lowest BCUT2D eigenvalue weighted by atomic mass is 9.94. The van der Waals surface area contributed by atoms with E-state index in [1.54, 1.807) is 0 Å². The van der Waals surface area contributed by atoms with Crippen molar-refractivity contribution < 1.29 is 9.53 Å². The van der Waals surface area contributed by atoms with E-state index in [1.807, 2.05) is 18.7 Å². The van der Waals surface area contributed by atoms with Gasteiger partial charge >= 0.3 is 6.03 Å². The van der Waals surface area contributed by atoms with Crippen molar-refractivity contribution in [1.29, 1.82) is 0 Å². The van der Waals surface area contributed by atoms with Crippen LogP contribution >= 0.6 is 0 Å². The van der Waals surface area contributed by atoms with Gasteiger partial charge in [0.2, 0.25) is 0 Å². The topological polar surface area (TPSA) is 41.6 Å². The van der Waals surface area contributed by atoms with Crippen LogP contribution in [0, 0.1) is 5.92 Å². The van der Waals surface area contributed by atoms with Crippen molar-refractivity contribution in [1.82, 2.24) is 10.2 Å². The summed E-state index contributed by atoms with van der Waals surface area (Å²) in [5.74, 6) is 0.739. The zero-order valence-electron chi connectivity index (χ0n) is 12.2. The van der Waals surface area contributed by atoms with Gasteiger partial charge in [0.15, 0.2) is 0 Å². The molecule has 1 fully saturated rings. The molecule has 1 rings (SSSR count). The Bertz CT molecular complexity index is 256. The third-order valence-electron chi connectivity index (χ3n) is 3.45. The van der Waals surface area contributed by atoms with Gasteiger partial charge in [-0.2, -0.15) is 0 Å². The Morgan fingerprint density at radius 2 is 2.17 bits per heavy atom. The molecule has 1 aliphatic rings. The van der Waals surface area contributed by atoms with Crippen molar-refractivity contribution in [3.63, 3.8) is 0 Å². The molecule has 0 aliphatic carbocycles. The van der Waals surface area contributed by atoms with Crippen molar-refractivity contribution >= 4 is 6.03 Å². The van der Waals surface area contributed by atoms with E-state index in [2.05, 4.69) is 19.2 Å². The number of amides is 2. The highest BCUT2D eigenvalue weighted by Gasteiger charge is 2.26. The van der Waals surface area contributed by atoms with Gasteiger partial charge in [0.25, 0.3) is 0 Å². The smallest absolute Gasteiger partial charge is 0.317 e. The second-order valence-electron chi connectivity index (χ2n) is 5.68. The maximum atomic E-state index is 12.0. The molecule has 2 atom stereocenters. The third kappa shape index (κ3) is 5.25. The summed E-state index contributed by atoms with van der Waals surface area (Å²) in [6, 6.07) is 0.444. The number of nitrogens with one attached hydrogen (secondary N) is 1. The quantitative estimate of drug-likeness (QED) is 0.768. The molecule has 0 aromatic carbocycles. The maximum Gasteiger partial charge on any atom is 0.317 e. The summed E-state index contributed by atoms with van der Waals surface area (Å²) in [7, 11) is 0. The summed E-state index contributed by atoms with van der Waals surface area (Å²) < 4.78 is 5.44. The van der Waals surface area contributed by atoms with Crippen LogP contribution in [0.5, 0.6) is 0 Å². The standard InChI is InChI=1S/C14H28N2O2/c1-11(2)18-9-5-7-15-14(17)16-8-6-12(3)10-13(16)4/h11-13H,5-10H2,1-4H3,(H,15,17)/t12-,13-/m0/s1. The molecule has 4 heteroatoms. The number of nitrogens with zero attached hydrogens (tertiary/aromatic N) is 1. The molecule has 1 N–H and O–H groups in total. The minimum atomic E-state index is 0.0824. The van der Waals surface area contributed by atoms with Gasteiger partial charge < -0.3 is 15.0 Å². The van der Waals surface area contributed by atoms with Gasteiger partial charge in [0.1, 0.15) is 0 Å². The molecule has 0 spiro atoms. The molecule has 0 radical (unpaired) electrons. The van der Waals surface area contributed by atoms with Gasteiger partial charge in [0, 0.05) is 25.7 Å². The van der Waals surface area contributed by atoms with Gasteiger partial charge in [-0.15, -0.1) is 0 Å². The summed E-state index contributed by atoms with van der Waals surface area (Å²) in [5, 5.41) is 2.98. The summed E-state index contributed by atoms with van der Waals surface area (Å²) in [4.78, 5) is 13.9. The highest BCUT2D eigenvalue weighted by Crippen LogP contribution is 2.21. The van der Waals surface area contributed by atoms with Crippen molar-refractivity contribution in [3.05, 3.63) is 0 Å². The average molecular weight is 256 g/mol. The molecule has 0 aromatic heterocycles. The van der Waals surface area contributed by atoms with E-state index < -0.39 is 0 Å². The summed E-state index contributed by atoms with van der Waals surface area (Å²) in [5.41, 5.74) is 0. The number of carbonyl (C=O) groups excluding carboxylic acids is 1. The molecule has 18 heavy (non-hydrogen) atoms. The number of ether oxygens (including phenoxy) is 1. The molecular weight excluding hydrogens is 228 g/mol. The van der Waals surface area contributed by atoms with Crippen LogP contribution in [0.4, 0.5) is 4.79 Å². The minimum Gasteiger partial charge on any atom is -0.379 e. The fourth-order valence-corrected chi connectivity index (χ4v) is 2.40. The van der Waals surface area contributed by atoms with E-state index in [1.165, 1.54) is 0 Å². The number of hydrogen-bond acceptors (Lipinski definition) is 2. The van der Waals surface area contributed by atoms with Gasteiger partial charge in [-0.1, -0.05) is 6.92 Å². The Morgan fingerprint density at radius 1 is 1.44 bits per heavy atom. The molecule has 0 bridgehead atoms. The molecule has 1 heterocycles. The Balaban J connectivity index is 2.16. The maximum absolute atomic E-state index is 12.0. The average Bonchev–Trinajstić information content (AvgIpc) is 2.27. The van der Waals surface area contributed by atoms with Gasteiger partial charge in [-0.05, 0) is 46.0 Å². The first kappa shape index (κ1) is 15.3. The first-order chi connectivity index (χ1) is 8.50. The zero-order chi connectivity index (χ0) is 13.5. The molecule has 0 unspecified atom stereocenters. The number of rotatable bonds is 5. The largest absolute Gasteiger partial charge is 0.379 e. The molecular formula is C14H28N2O2. The van der Waals surface area contributed by atoms with Gasteiger partial charge in [0.05, 0.1) is 6.10 Å². The first-order valence-electron chi connectivity index (χ1n) is 7.16. The van der Waals surface area contributed by atoms with Crippen LogP contribution in [-0.2, 0) is 4.74 Å². The van der Waals surface area contributed by atoms with Crippen molar-refractivity contribution in [2.24, 2.45) is 5.92 Å². The zero-order valence-corrected chi connectivity index (χ0v) is 12.2. The van der Waals surface area contributed by atoms with Crippen LogP contribution < -0.4 is 5.32 Å². The van der Waals surface area contributed by atoms with E-state index in [0.717, 1.165) is 31.7 Å². The van der Waals surface area contributed by atoms with Crippen LogP contribution in [0.1, 0.15) is 47.0 Å². The lowest BCUT2D eigenvalue weighted by Gasteiger charge is -2.36. The summed E-state index contributed by atoms with van der Waals surface area (Å²) >= 11 is 0. The van der Waals surface area contributed by atoms with Crippen LogP contribution in [0.25, 0.3) is 0 Å². The number of urea groups is 1. The fraction of sp³-hybridized carbons (Fsp3) is 0.929. The van der Waals surface area contributed by atoms with Crippen molar-refractivity contribution in [3.8, 4) is 0 Å². The monoisotopic (exact) mass is 256 g/mol. The van der Waals surface area contributed by atoms with Crippen LogP contribution in [0.3, 0.4) is 0 Å². The molecule has 4 nitrogen and oxygen atoms in total. The number of likely N-dealkylation sites (tertiary alicyclic amines) is 1. The van der Waals surface area contributed by atoms with E-state index >= 15 is 0 Å². The van der Waals surface area contributed by atoms with Gasteiger partial charge in [-0.25, -0.2) is 4.79 Å². The summed E-state index contributed by atoms with van der Waals surface area (Å²) in [6.07, 6.45) is 3.38. The van der Waals surface area contributed by atoms with Crippen LogP contribution in [-0.4, -0.2) is 42.8 Å². The second kappa shape index (κ2) is 7.62. The molecule has 0 aromatic rings. The normalized spacial score (nSPS) is 24.4. The second-order valence-corrected chi connectivity index (χ2v) is 5.68. The minimum absolute atomic E-state index is 0.0824. The molecule has 1 aliphatic heterocycles. The van der Waals surface area contributed by atoms with E-state index in [-0.39, 0.29) is 12.1 Å². The Kier molecular flexibility index (Phi) is 6.47. The highest BCUT2D eigenvalue weighted by molar-refractivity contribution is 5.74. The Hall–Kier alpha value is -0.770. The Morgan fingerprint density at radius 3 is 2.78 bits per heavy atom. The summed E-state index contributed by atoms with van der Waals surface area (Å²) in [6.45, 7) is 10.7. The van der Waals surface area contributed by atoms with Crippen molar-refractivity contribution in [2.45, 2.75) is 59.1 Å². The SMILES string of the molecule is CC(C)OCCCNC(=O)N1CC[C@H](C)C[C@@H]1C. The fourth-order valence-electron chi connectivity index (χ4n) is 2.40. The Labute approximate surface area is 111 Å². The van der Waals surface area contributed by atoms with E-state index in [4.69, 9.17) is 4.74 Å². The molecule has 0 saturated carbocycles. The van der Waals surface area contributed by atoms with Crippen LogP contribution in [0.15, 0.2) is 0 Å².